The van der Waals surface area contributed by atoms with Crippen LogP contribution in [0.4, 0.5) is 0 Å². The highest BCUT2D eigenvalue weighted by Gasteiger charge is 2.18. The van der Waals surface area contributed by atoms with E-state index >= 15 is 0 Å². The van der Waals surface area contributed by atoms with Crippen molar-refractivity contribution in [3.05, 3.63) is 55.7 Å². The predicted molar refractivity (Wildman–Crippen MR) is 88.8 cm³/mol. The summed E-state index contributed by atoms with van der Waals surface area (Å²) in [6.45, 7) is 3.47. The topological polar surface area (TPSA) is 29.3 Å². The fourth-order valence-corrected chi connectivity index (χ4v) is 3.73. The molecular weight excluding hydrogens is 311 g/mol. The Morgan fingerprint density at radius 2 is 2.00 bits per heavy atom. The molecule has 1 aromatic carbocycles. The molecule has 0 aliphatic carbocycles. The van der Waals surface area contributed by atoms with E-state index in [1.54, 1.807) is 11.3 Å². The van der Waals surface area contributed by atoms with Crippen LogP contribution in [0.1, 0.15) is 22.0 Å². The van der Waals surface area contributed by atoms with E-state index in [9.17, 15) is 0 Å². The maximum atomic E-state index is 6.02. The predicted octanol–water partition coefficient (Wildman–Crippen LogP) is 4.50. The van der Waals surface area contributed by atoms with E-state index in [0.717, 1.165) is 15.9 Å². The van der Waals surface area contributed by atoms with Gasteiger partial charge < -0.3 is 5.73 Å². The Kier molecular flexibility index (Phi) is 5.47. The molecule has 1 unspecified atom stereocenters. The highest BCUT2D eigenvalue weighted by atomic mass is 35.5. The van der Waals surface area contributed by atoms with Gasteiger partial charge in [-0.3, -0.25) is 4.90 Å². The van der Waals surface area contributed by atoms with Crippen molar-refractivity contribution in [2.24, 2.45) is 5.73 Å². The van der Waals surface area contributed by atoms with Gasteiger partial charge in [-0.05, 0) is 49.4 Å². The average Bonchev–Trinajstić information content (AvgIpc) is 2.78. The summed E-state index contributed by atoms with van der Waals surface area (Å²) in [5, 5.41) is 0.759. The quantitative estimate of drug-likeness (QED) is 0.875. The van der Waals surface area contributed by atoms with Crippen LogP contribution in [0, 0.1) is 6.92 Å². The zero-order valence-corrected chi connectivity index (χ0v) is 13.9. The molecule has 1 atom stereocenters. The Hall–Kier alpha value is -0.580. The number of likely N-dealkylation sites (N-methyl/N-ethyl adjacent to an activating group) is 1. The van der Waals surface area contributed by atoms with Crippen molar-refractivity contribution in [1.82, 2.24) is 4.90 Å². The van der Waals surface area contributed by atoms with Gasteiger partial charge in [-0.25, -0.2) is 0 Å². The SMILES string of the molecule is Cc1cc(Cl)ccc1C(CN)N(C)Cc1ccc(Cl)s1. The lowest BCUT2D eigenvalue weighted by Crippen LogP contribution is -2.30. The first-order valence-electron chi connectivity index (χ1n) is 6.42. The molecule has 1 heterocycles. The number of nitrogens with zero attached hydrogens (tertiary/aromatic N) is 1. The molecule has 0 aliphatic heterocycles. The summed E-state index contributed by atoms with van der Waals surface area (Å²) >= 11 is 13.6. The molecule has 0 spiro atoms. The molecule has 20 heavy (non-hydrogen) atoms. The zero-order chi connectivity index (χ0) is 14.7. The van der Waals surface area contributed by atoms with Gasteiger partial charge in [0, 0.05) is 29.0 Å². The molecule has 0 aliphatic rings. The van der Waals surface area contributed by atoms with Crippen molar-refractivity contribution in [3.63, 3.8) is 0 Å². The lowest BCUT2D eigenvalue weighted by atomic mass is 10.0. The summed E-state index contributed by atoms with van der Waals surface area (Å²) in [5.74, 6) is 0. The van der Waals surface area contributed by atoms with Gasteiger partial charge in [0.15, 0.2) is 0 Å². The van der Waals surface area contributed by atoms with Crippen LogP contribution in [0.2, 0.25) is 9.36 Å². The van der Waals surface area contributed by atoms with Crippen LogP contribution in [-0.4, -0.2) is 18.5 Å². The molecule has 0 fully saturated rings. The zero-order valence-electron chi connectivity index (χ0n) is 11.6. The maximum absolute atomic E-state index is 6.02. The van der Waals surface area contributed by atoms with Crippen molar-refractivity contribution in [1.29, 1.82) is 0 Å². The van der Waals surface area contributed by atoms with Crippen LogP contribution in [0.15, 0.2) is 30.3 Å². The second-order valence-corrected chi connectivity index (χ2v) is 7.11. The standard InChI is InChI=1S/C15H18Cl2N2S/c1-10-7-11(16)3-5-13(10)14(8-18)19(2)9-12-4-6-15(17)20-12/h3-7,14H,8-9,18H2,1-2H3. The van der Waals surface area contributed by atoms with Crippen molar-refractivity contribution in [3.8, 4) is 0 Å². The summed E-state index contributed by atoms with van der Waals surface area (Å²) in [6, 6.07) is 10.1. The summed E-state index contributed by atoms with van der Waals surface area (Å²) in [6.07, 6.45) is 0. The monoisotopic (exact) mass is 328 g/mol. The minimum absolute atomic E-state index is 0.174. The van der Waals surface area contributed by atoms with Gasteiger partial charge in [0.05, 0.1) is 4.34 Å². The third-order valence-electron chi connectivity index (χ3n) is 3.38. The van der Waals surface area contributed by atoms with Gasteiger partial charge in [-0.2, -0.15) is 0 Å². The molecule has 2 N–H and O–H groups in total. The minimum Gasteiger partial charge on any atom is -0.329 e. The van der Waals surface area contributed by atoms with E-state index in [0.29, 0.717) is 6.54 Å². The van der Waals surface area contributed by atoms with Crippen molar-refractivity contribution < 1.29 is 0 Å². The Balaban J connectivity index is 2.18. The highest BCUT2D eigenvalue weighted by Crippen LogP contribution is 2.28. The van der Waals surface area contributed by atoms with E-state index in [2.05, 4.69) is 31.0 Å². The fraction of sp³-hybridized carbons (Fsp3) is 0.333. The molecular formula is C15H18Cl2N2S. The Morgan fingerprint density at radius 1 is 1.25 bits per heavy atom. The first-order valence-corrected chi connectivity index (χ1v) is 7.99. The molecule has 0 bridgehead atoms. The molecule has 5 heteroatoms. The third kappa shape index (κ3) is 3.74. The first-order chi connectivity index (χ1) is 9.51. The van der Waals surface area contributed by atoms with Crippen LogP contribution in [0.25, 0.3) is 0 Å². The van der Waals surface area contributed by atoms with Crippen molar-refractivity contribution in [2.75, 3.05) is 13.6 Å². The second-order valence-electron chi connectivity index (χ2n) is 4.87. The Bertz CT molecular complexity index is 583. The molecule has 2 rings (SSSR count). The number of benzene rings is 1. The molecule has 2 nitrogen and oxygen atoms in total. The summed E-state index contributed by atoms with van der Waals surface area (Å²) in [5.41, 5.74) is 8.37. The lowest BCUT2D eigenvalue weighted by molar-refractivity contribution is 0.243. The molecule has 0 amide bonds. The lowest BCUT2D eigenvalue weighted by Gasteiger charge is -2.28. The van der Waals surface area contributed by atoms with Gasteiger partial charge in [0.2, 0.25) is 0 Å². The van der Waals surface area contributed by atoms with E-state index in [1.807, 2.05) is 18.2 Å². The molecule has 1 aromatic heterocycles. The highest BCUT2D eigenvalue weighted by molar-refractivity contribution is 7.16. The number of thiophene rings is 1. The van der Waals surface area contributed by atoms with E-state index in [-0.39, 0.29) is 6.04 Å². The van der Waals surface area contributed by atoms with Crippen LogP contribution in [0.3, 0.4) is 0 Å². The largest absolute Gasteiger partial charge is 0.329 e. The normalized spacial score (nSPS) is 12.9. The van der Waals surface area contributed by atoms with Gasteiger partial charge in [0.25, 0.3) is 0 Å². The maximum Gasteiger partial charge on any atom is 0.0931 e. The number of nitrogens with two attached hydrogens (primary N) is 1. The second kappa shape index (κ2) is 6.92. The van der Waals surface area contributed by atoms with E-state index < -0.39 is 0 Å². The van der Waals surface area contributed by atoms with Crippen LogP contribution < -0.4 is 5.73 Å². The summed E-state index contributed by atoms with van der Waals surface area (Å²) < 4.78 is 0.820. The van der Waals surface area contributed by atoms with Gasteiger partial charge >= 0.3 is 0 Å². The summed E-state index contributed by atoms with van der Waals surface area (Å²) in [4.78, 5) is 3.49. The molecule has 2 aromatic rings. The summed E-state index contributed by atoms with van der Waals surface area (Å²) in [7, 11) is 2.08. The number of hydrogen-bond acceptors (Lipinski definition) is 3. The first kappa shape index (κ1) is 15.8. The molecule has 0 saturated heterocycles. The van der Waals surface area contributed by atoms with Crippen molar-refractivity contribution >= 4 is 34.5 Å². The van der Waals surface area contributed by atoms with Crippen molar-refractivity contribution in [2.45, 2.75) is 19.5 Å². The number of rotatable bonds is 5. The minimum atomic E-state index is 0.174. The number of aryl methyl sites for hydroxylation is 1. The van der Waals surface area contributed by atoms with Crippen LogP contribution in [-0.2, 0) is 6.54 Å². The third-order valence-corrected chi connectivity index (χ3v) is 4.83. The number of hydrogen-bond donors (Lipinski definition) is 1. The van der Waals surface area contributed by atoms with Gasteiger partial charge in [-0.1, -0.05) is 29.3 Å². The van der Waals surface area contributed by atoms with Crippen LogP contribution in [0.5, 0.6) is 0 Å². The molecule has 0 radical (unpaired) electrons. The van der Waals surface area contributed by atoms with E-state index in [1.165, 1.54) is 16.0 Å². The Labute approximate surface area is 134 Å². The van der Waals surface area contributed by atoms with Gasteiger partial charge in [0.1, 0.15) is 0 Å². The van der Waals surface area contributed by atoms with Gasteiger partial charge in [-0.15, -0.1) is 11.3 Å². The smallest absolute Gasteiger partial charge is 0.0931 e. The molecule has 0 saturated carbocycles. The van der Waals surface area contributed by atoms with Crippen LogP contribution >= 0.6 is 34.5 Å². The molecule has 108 valence electrons. The number of halogens is 2. The average molecular weight is 329 g/mol. The Morgan fingerprint density at radius 3 is 2.55 bits per heavy atom. The fourth-order valence-electron chi connectivity index (χ4n) is 2.35. The van der Waals surface area contributed by atoms with E-state index in [4.69, 9.17) is 28.9 Å².